The Hall–Kier alpha value is -2.73. The van der Waals surface area contributed by atoms with Crippen LogP contribution in [0.2, 0.25) is 0 Å². The summed E-state index contributed by atoms with van der Waals surface area (Å²) in [6.45, 7) is 4.75. The Morgan fingerprint density at radius 3 is 2.62 bits per heavy atom. The fraction of sp³-hybridized carbons (Fsp3) is 0.167. The SMILES string of the molecule is Cc1c(C)n(-c2nccs2)c2ncn(Cc3ccccc3)c(=N)c12. The highest BCUT2D eigenvalue weighted by atomic mass is 32.1. The van der Waals surface area contributed by atoms with Gasteiger partial charge in [0.1, 0.15) is 5.49 Å². The Morgan fingerprint density at radius 1 is 1.12 bits per heavy atom. The van der Waals surface area contributed by atoms with Crippen molar-refractivity contribution in [3.63, 3.8) is 0 Å². The van der Waals surface area contributed by atoms with Gasteiger partial charge in [0.2, 0.25) is 0 Å². The molecule has 0 amide bonds. The van der Waals surface area contributed by atoms with Gasteiger partial charge in [-0.1, -0.05) is 30.3 Å². The Balaban J connectivity index is 1.92. The van der Waals surface area contributed by atoms with Crippen LogP contribution in [0.5, 0.6) is 0 Å². The largest absolute Gasteiger partial charge is 0.312 e. The second-order valence-electron chi connectivity index (χ2n) is 5.77. The van der Waals surface area contributed by atoms with Gasteiger partial charge >= 0.3 is 0 Å². The van der Waals surface area contributed by atoms with Gasteiger partial charge in [0.25, 0.3) is 0 Å². The number of nitrogens with one attached hydrogen (secondary N) is 1. The first kappa shape index (κ1) is 14.8. The number of hydrogen-bond acceptors (Lipinski definition) is 4. The summed E-state index contributed by atoms with van der Waals surface area (Å²) in [5.74, 6) is 0. The number of hydrogen-bond donors (Lipinski definition) is 1. The molecule has 0 radical (unpaired) electrons. The zero-order chi connectivity index (χ0) is 16.7. The number of aromatic nitrogens is 4. The average Bonchev–Trinajstić information content (AvgIpc) is 3.19. The molecule has 120 valence electrons. The van der Waals surface area contributed by atoms with Crippen LogP contribution in [0.1, 0.15) is 16.8 Å². The molecule has 0 fully saturated rings. The van der Waals surface area contributed by atoms with Crippen molar-refractivity contribution in [1.29, 1.82) is 5.41 Å². The van der Waals surface area contributed by atoms with Crippen molar-refractivity contribution in [3.8, 4) is 5.13 Å². The predicted octanol–water partition coefficient (Wildman–Crippen LogP) is 3.43. The second kappa shape index (κ2) is 5.72. The zero-order valence-corrected chi connectivity index (χ0v) is 14.3. The molecular formula is C18H17N5S. The monoisotopic (exact) mass is 335 g/mol. The van der Waals surface area contributed by atoms with Gasteiger partial charge in [0.05, 0.1) is 18.3 Å². The summed E-state index contributed by atoms with van der Waals surface area (Å²) in [5.41, 5.74) is 4.61. The van der Waals surface area contributed by atoms with Gasteiger partial charge in [0, 0.05) is 17.3 Å². The van der Waals surface area contributed by atoms with Crippen LogP contribution in [0.4, 0.5) is 0 Å². The third kappa shape index (κ3) is 2.27. The molecule has 0 spiro atoms. The second-order valence-corrected chi connectivity index (χ2v) is 6.64. The highest BCUT2D eigenvalue weighted by Crippen LogP contribution is 2.25. The maximum Gasteiger partial charge on any atom is 0.195 e. The smallest absolute Gasteiger partial charge is 0.195 e. The van der Waals surface area contributed by atoms with E-state index < -0.39 is 0 Å². The first-order valence-electron chi connectivity index (χ1n) is 7.72. The van der Waals surface area contributed by atoms with Gasteiger partial charge in [-0.15, -0.1) is 11.3 Å². The summed E-state index contributed by atoms with van der Waals surface area (Å²) in [6, 6.07) is 10.2. The van der Waals surface area contributed by atoms with E-state index in [0.717, 1.165) is 33.0 Å². The lowest BCUT2D eigenvalue weighted by atomic mass is 10.2. The number of thiazole rings is 1. The number of nitrogens with zero attached hydrogens (tertiary/aromatic N) is 4. The lowest BCUT2D eigenvalue weighted by Crippen LogP contribution is -2.21. The normalized spacial score (nSPS) is 11.2. The number of rotatable bonds is 3. The predicted molar refractivity (Wildman–Crippen MR) is 95.6 cm³/mol. The number of aryl methyl sites for hydroxylation is 1. The fourth-order valence-corrected chi connectivity index (χ4v) is 3.67. The number of fused-ring (bicyclic) bond motifs is 1. The molecule has 0 aliphatic rings. The summed E-state index contributed by atoms with van der Waals surface area (Å²) in [6.07, 6.45) is 3.54. The van der Waals surface area contributed by atoms with Gasteiger partial charge in [-0.2, -0.15) is 0 Å². The van der Waals surface area contributed by atoms with Crippen molar-refractivity contribution >= 4 is 22.4 Å². The Bertz CT molecular complexity index is 1060. The molecule has 0 saturated heterocycles. The van der Waals surface area contributed by atoms with Crippen LogP contribution >= 0.6 is 11.3 Å². The summed E-state index contributed by atoms with van der Waals surface area (Å²) in [5, 5.41) is 12.4. The van der Waals surface area contributed by atoms with Crippen molar-refractivity contribution in [2.75, 3.05) is 0 Å². The molecule has 3 aromatic heterocycles. The van der Waals surface area contributed by atoms with Gasteiger partial charge < -0.3 is 4.57 Å². The summed E-state index contributed by atoms with van der Waals surface area (Å²) in [4.78, 5) is 9.05. The molecule has 6 heteroatoms. The van der Waals surface area contributed by atoms with Crippen LogP contribution in [0.25, 0.3) is 16.2 Å². The molecule has 1 N–H and O–H groups in total. The van der Waals surface area contributed by atoms with Crippen LogP contribution in [0, 0.1) is 19.3 Å². The molecule has 0 bridgehead atoms. The third-order valence-corrected chi connectivity index (χ3v) is 5.09. The first-order valence-corrected chi connectivity index (χ1v) is 8.60. The minimum absolute atomic E-state index is 0.486. The lowest BCUT2D eigenvalue weighted by Gasteiger charge is -2.08. The average molecular weight is 335 g/mol. The van der Waals surface area contributed by atoms with Gasteiger partial charge in [-0.25, -0.2) is 9.97 Å². The molecule has 3 heterocycles. The third-order valence-electron chi connectivity index (χ3n) is 4.34. The maximum absolute atomic E-state index is 8.66. The van der Waals surface area contributed by atoms with E-state index in [9.17, 15) is 0 Å². The maximum atomic E-state index is 8.66. The summed E-state index contributed by atoms with van der Waals surface area (Å²) in [7, 11) is 0. The van der Waals surface area contributed by atoms with E-state index in [-0.39, 0.29) is 0 Å². The van der Waals surface area contributed by atoms with Crippen molar-refractivity contribution < 1.29 is 0 Å². The van der Waals surface area contributed by atoms with E-state index in [2.05, 4.69) is 29.0 Å². The molecule has 24 heavy (non-hydrogen) atoms. The molecular weight excluding hydrogens is 318 g/mol. The molecule has 0 atom stereocenters. The van der Waals surface area contributed by atoms with Crippen molar-refractivity contribution in [1.82, 2.24) is 19.1 Å². The first-order chi connectivity index (χ1) is 11.7. The van der Waals surface area contributed by atoms with Gasteiger partial charge in [0.15, 0.2) is 10.8 Å². The Kier molecular flexibility index (Phi) is 3.54. The molecule has 0 saturated carbocycles. The van der Waals surface area contributed by atoms with Crippen molar-refractivity contribution in [2.45, 2.75) is 20.4 Å². The van der Waals surface area contributed by atoms with E-state index in [1.807, 2.05) is 39.6 Å². The molecule has 0 aliphatic carbocycles. The van der Waals surface area contributed by atoms with Crippen LogP contribution in [-0.2, 0) is 6.54 Å². The van der Waals surface area contributed by atoms with E-state index in [1.54, 1.807) is 23.9 Å². The summed E-state index contributed by atoms with van der Waals surface area (Å²) < 4.78 is 3.93. The fourth-order valence-electron chi connectivity index (χ4n) is 2.98. The standard InChI is InChI=1S/C18H17N5S/c1-12-13(2)23(18-20-8-9-24-18)17-15(12)16(19)22(11-21-17)10-14-6-4-3-5-7-14/h3-9,11,19H,10H2,1-2H3. The minimum Gasteiger partial charge on any atom is -0.312 e. The van der Waals surface area contributed by atoms with E-state index in [1.165, 1.54) is 0 Å². The number of benzene rings is 1. The van der Waals surface area contributed by atoms with Crippen molar-refractivity contribution in [2.24, 2.45) is 0 Å². The molecule has 1 aromatic carbocycles. The van der Waals surface area contributed by atoms with Gasteiger partial charge in [-0.05, 0) is 25.0 Å². The molecule has 5 nitrogen and oxygen atoms in total. The van der Waals surface area contributed by atoms with E-state index in [4.69, 9.17) is 5.41 Å². The van der Waals surface area contributed by atoms with E-state index >= 15 is 0 Å². The highest BCUT2D eigenvalue weighted by Gasteiger charge is 2.17. The summed E-state index contributed by atoms with van der Waals surface area (Å²) >= 11 is 1.57. The quantitative estimate of drug-likeness (QED) is 0.623. The lowest BCUT2D eigenvalue weighted by molar-refractivity contribution is 0.721. The molecule has 4 rings (SSSR count). The Morgan fingerprint density at radius 2 is 1.92 bits per heavy atom. The Labute approximate surface area is 143 Å². The van der Waals surface area contributed by atoms with Gasteiger partial charge in [-0.3, -0.25) is 9.98 Å². The van der Waals surface area contributed by atoms with Crippen LogP contribution in [-0.4, -0.2) is 19.1 Å². The molecule has 4 aromatic rings. The van der Waals surface area contributed by atoms with E-state index in [0.29, 0.717) is 12.0 Å². The van der Waals surface area contributed by atoms with Crippen LogP contribution < -0.4 is 5.49 Å². The van der Waals surface area contributed by atoms with Crippen LogP contribution in [0.3, 0.4) is 0 Å². The highest BCUT2D eigenvalue weighted by molar-refractivity contribution is 7.12. The minimum atomic E-state index is 0.486. The zero-order valence-electron chi connectivity index (χ0n) is 13.5. The molecule has 0 unspecified atom stereocenters. The van der Waals surface area contributed by atoms with Crippen molar-refractivity contribution in [3.05, 3.63) is 70.5 Å². The van der Waals surface area contributed by atoms with Crippen LogP contribution in [0.15, 0.2) is 48.2 Å². The molecule has 0 aliphatic heterocycles. The topological polar surface area (TPSA) is 59.5 Å².